The number of rotatable bonds is 3. The normalized spacial score (nSPS) is 10.8. The van der Waals surface area contributed by atoms with Crippen molar-refractivity contribution in [2.24, 2.45) is 5.73 Å². The van der Waals surface area contributed by atoms with Gasteiger partial charge in [0.2, 0.25) is 0 Å². The highest BCUT2D eigenvalue weighted by Crippen LogP contribution is 2.27. The molecule has 6 nitrogen and oxygen atoms in total. The average Bonchev–Trinajstić information content (AvgIpc) is 2.82. The zero-order valence-electron chi connectivity index (χ0n) is 10.3. The van der Waals surface area contributed by atoms with Crippen molar-refractivity contribution in [3.63, 3.8) is 0 Å². The van der Waals surface area contributed by atoms with Gasteiger partial charge in [0.05, 0.1) is 28.5 Å². The lowest BCUT2D eigenvalue weighted by Gasteiger charge is -2.03. The Balaban J connectivity index is 1.94. The lowest BCUT2D eigenvalue weighted by Crippen LogP contribution is -2.13. The Bertz CT molecular complexity index is 765. The van der Waals surface area contributed by atoms with Crippen LogP contribution in [0.2, 0.25) is 0 Å². The number of pyridine rings is 1. The first-order valence-corrected chi connectivity index (χ1v) is 6.63. The van der Waals surface area contributed by atoms with E-state index in [0.717, 1.165) is 11.0 Å². The summed E-state index contributed by atoms with van der Waals surface area (Å²) in [7, 11) is 0. The van der Waals surface area contributed by atoms with Crippen molar-refractivity contribution < 1.29 is 4.79 Å². The zero-order valence-corrected chi connectivity index (χ0v) is 11.1. The summed E-state index contributed by atoms with van der Waals surface area (Å²) in [6.07, 6.45) is 1.42. The summed E-state index contributed by atoms with van der Waals surface area (Å²) in [6.45, 7) is 0. The van der Waals surface area contributed by atoms with Gasteiger partial charge in [-0.25, -0.2) is 9.97 Å². The van der Waals surface area contributed by atoms with Crippen LogP contribution in [0, 0.1) is 0 Å². The van der Waals surface area contributed by atoms with Gasteiger partial charge in [-0.1, -0.05) is 12.1 Å². The second-order valence-electron chi connectivity index (χ2n) is 4.14. The number of primary amides is 1. The van der Waals surface area contributed by atoms with E-state index in [2.05, 4.69) is 15.0 Å². The van der Waals surface area contributed by atoms with Crippen LogP contribution in [0.4, 0.5) is 5.69 Å². The van der Waals surface area contributed by atoms with Crippen molar-refractivity contribution in [2.75, 3.05) is 5.73 Å². The number of amides is 1. The predicted octanol–water partition coefficient (Wildman–Crippen LogP) is 1.79. The molecule has 2 aromatic heterocycles. The highest BCUT2D eigenvalue weighted by Gasteiger charge is 2.10. The van der Waals surface area contributed by atoms with E-state index in [1.165, 1.54) is 18.0 Å². The fourth-order valence-electron chi connectivity index (χ4n) is 1.79. The molecule has 5 N–H and O–H groups in total. The third-order valence-corrected chi connectivity index (χ3v) is 3.56. The standard InChI is InChI=1S/C13H11N5OS/c14-8-6-16-11(5-7(8)12(15)19)20-13-17-9-3-1-2-4-10(9)18-13/h1-6H,14H2,(H2,15,19)(H,17,18). The van der Waals surface area contributed by atoms with Crippen LogP contribution in [0.1, 0.15) is 10.4 Å². The number of nitrogen functional groups attached to an aromatic ring is 1. The Labute approximate surface area is 118 Å². The van der Waals surface area contributed by atoms with Crippen molar-refractivity contribution in [3.8, 4) is 0 Å². The molecule has 0 aliphatic heterocycles. The third kappa shape index (κ3) is 2.30. The van der Waals surface area contributed by atoms with E-state index in [9.17, 15) is 4.79 Å². The number of anilines is 1. The minimum Gasteiger partial charge on any atom is -0.397 e. The quantitative estimate of drug-likeness (QED) is 0.679. The maximum absolute atomic E-state index is 11.2. The van der Waals surface area contributed by atoms with Gasteiger partial charge in [-0.05, 0) is 30.0 Å². The molecular weight excluding hydrogens is 274 g/mol. The molecule has 100 valence electrons. The lowest BCUT2D eigenvalue weighted by molar-refractivity contribution is 0.100. The van der Waals surface area contributed by atoms with Gasteiger partial charge < -0.3 is 16.5 Å². The Morgan fingerprint density at radius 2 is 2.10 bits per heavy atom. The molecule has 2 heterocycles. The minimum absolute atomic E-state index is 0.263. The van der Waals surface area contributed by atoms with Gasteiger partial charge in [-0.2, -0.15) is 0 Å². The van der Waals surface area contributed by atoms with Crippen molar-refractivity contribution in [1.82, 2.24) is 15.0 Å². The molecule has 7 heteroatoms. The largest absolute Gasteiger partial charge is 0.397 e. The molecule has 0 bridgehead atoms. The summed E-state index contributed by atoms with van der Waals surface area (Å²) in [5, 5.41) is 1.30. The van der Waals surface area contributed by atoms with Gasteiger partial charge in [0, 0.05) is 0 Å². The first kappa shape index (κ1) is 12.5. The Morgan fingerprint density at radius 1 is 1.30 bits per heavy atom. The molecule has 1 aromatic carbocycles. The summed E-state index contributed by atoms with van der Waals surface area (Å²) in [4.78, 5) is 23.0. The number of H-pyrrole nitrogens is 1. The molecule has 0 aliphatic rings. The van der Waals surface area contributed by atoms with Gasteiger partial charge in [-0.15, -0.1) is 0 Å². The number of nitrogens with one attached hydrogen (secondary N) is 1. The van der Waals surface area contributed by atoms with Gasteiger partial charge in [0.25, 0.3) is 5.91 Å². The molecular formula is C13H11N5OS. The summed E-state index contributed by atoms with van der Waals surface area (Å²) in [6, 6.07) is 9.28. The van der Waals surface area contributed by atoms with E-state index < -0.39 is 5.91 Å². The third-order valence-electron chi connectivity index (χ3n) is 2.74. The highest BCUT2D eigenvalue weighted by atomic mass is 32.2. The first-order valence-electron chi connectivity index (χ1n) is 5.81. The molecule has 0 radical (unpaired) electrons. The predicted molar refractivity (Wildman–Crippen MR) is 77.4 cm³/mol. The van der Waals surface area contributed by atoms with Gasteiger partial charge in [0.1, 0.15) is 5.03 Å². The molecule has 0 atom stereocenters. The number of fused-ring (bicyclic) bond motifs is 1. The SMILES string of the molecule is NC(=O)c1cc(Sc2nc3ccccc3[nH]2)ncc1N. The van der Waals surface area contributed by atoms with E-state index in [-0.39, 0.29) is 11.3 Å². The zero-order chi connectivity index (χ0) is 14.1. The number of para-hydroxylation sites is 2. The summed E-state index contributed by atoms with van der Waals surface area (Å²) in [5.74, 6) is -0.573. The van der Waals surface area contributed by atoms with Crippen LogP contribution < -0.4 is 11.5 Å². The number of aromatic amines is 1. The highest BCUT2D eigenvalue weighted by molar-refractivity contribution is 7.99. The van der Waals surface area contributed by atoms with Crippen LogP contribution in [0.15, 0.2) is 46.7 Å². The number of nitrogens with zero attached hydrogens (tertiary/aromatic N) is 2. The first-order chi connectivity index (χ1) is 9.63. The van der Waals surface area contributed by atoms with Crippen LogP contribution in [0.5, 0.6) is 0 Å². The minimum atomic E-state index is -0.573. The fourth-order valence-corrected chi connectivity index (χ4v) is 2.58. The van der Waals surface area contributed by atoms with Crippen LogP contribution in [0.25, 0.3) is 11.0 Å². The van der Waals surface area contributed by atoms with E-state index >= 15 is 0 Å². The lowest BCUT2D eigenvalue weighted by atomic mass is 10.2. The van der Waals surface area contributed by atoms with Crippen LogP contribution >= 0.6 is 11.8 Å². The van der Waals surface area contributed by atoms with Gasteiger partial charge in [0.15, 0.2) is 5.16 Å². The van der Waals surface area contributed by atoms with E-state index in [1.54, 1.807) is 6.07 Å². The fraction of sp³-hybridized carbons (Fsp3) is 0. The molecule has 20 heavy (non-hydrogen) atoms. The number of aromatic nitrogens is 3. The Hall–Kier alpha value is -2.54. The average molecular weight is 285 g/mol. The molecule has 0 spiro atoms. The van der Waals surface area contributed by atoms with Crippen molar-refractivity contribution >= 4 is 34.4 Å². The number of nitrogens with two attached hydrogens (primary N) is 2. The molecule has 1 amide bonds. The van der Waals surface area contributed by atoms with Crippen molar-refractivity contribution in [1.29, 1.82) is 0 Å². The Morgan fingerprint density at radius 3 is 2.85 bits per heavy atom. The van der Waals surface area contributed by atoms with E-state index in [0.29, 0.717) is 10.2 Å². The smallest absolute Gasteiger partial charge is 0.250 e. The molecule has 0 unspecified atom stereocenters. The number of hydrogen-bond acceptors (Lipinski definition) is 5. The van der Waals surface area contributed by atoms with Crippen LogP contribution in [-0.4, -0.2) is 20.9 Å². The summed E-state index contributed by atoms with van der Waals surface area (Å²) < 4.78 is 0. The number of carbonyl (C=O) groups is 1. The topological polar surface area (TPSA) is 111 Å². The molecule has 0 aliphatic carbocycles. The number of hydrogen-bond donors (Lipinski definition) is 3. The van der Waals surface area contributed by atoms with Gasteiger partial charge in [-0.3, -0.25) is 4.79 Å². The van der Waals surface area contributed by atoms with E-state index in [4.69, 9.17) is 11.5 Å². The number of benzene rings is 1. The number of imidazole rings is 1. The molecule has 0 saturated heterocycles. The van der Waals surface area contributed by atoms with Gasteiger partial charge >= 0.3 is 0 Å². The maximum Gasteiger partial charge on any atom is 0.250 e. The van der Waals surface area contributed by atoms with Crippen molar-refractivity contribution in [2.45, 2.75) is 10.2 Å². The monoisotopic (exact) mass is 285 g/mol. The second-order valence-corrected chi connectivity index (χ2v) is 5.14. The van der Waals surface area contributed by atoms with E-state index in [1.807, 2.05) is 24.3 Å². The Kier molecular flexibility index (Phi) is 3.03. The molecule has 0 saturated carbocycles. The molecule has 3 rings (SSSR count). The van der Waals surface area contributed by atoms with Crippen molar-refractivity contribution in [3.05, 3.63) is 42.1 Å². The second kappa shape index (κ2) is 4.86. The van der Waals surface area contributed by atoms with Crippen LogP contribution in [-0.2, 0) is 0 Å². The summed E-state index contributed by atoms with van der Waals surface area (Å²) in [5.41, 5.74) is 13.3. The van der Waals surface area contributed by atoms with Crippen LogP contribution in [0.3, 0.4) is 0 Å². The molecule has 0 fully saturated rings. The number of carbonyl (C=O) groups excluding carboxylic acids is 1. The maximum atomic E-state index is 11.2. The molecule has 3 aromatic rings. The summed E-state index contributed by atoms with van der Waals surface area (Å²) >= 11 is 1.31.